The molecule has 0 unspecified atom stereocenters. The highest BCUT2D eigenvalue weighted by Crippen LogP contribution is 2.26. The van der Waals surface area contributed by atoms with Crippen LogP contribution in [-0.2, 0) is 0 Å². The minimum atomic E-state index is -0.232. The van der Waals surface area contributed by atoms with E-state index >= 15 is 0 Å². The number of nitrogens with zero attached hydrogens (tertiary/aromatic N) is 3. The minimum Gasteiger partial charge on any atom is -0.355 e. The molecule has 2 aromatic heterocycles. The highest BCUT2D eigenvalue weighted by atomic mass is 79.9. The molecule has 3 heterocycles. The number of carbonyl (C=O) groups is 1. The lowest BCUT2D eigenvalue weighted by atomic mass is 10.3. The fourth-order valence-corrected chi connectivity index (χ4v) is 2.74. The molecule has 1 N–H and O–H groups in total. The van der Waals surface area contributed by atoms with Gasteiger partial charge in [-0.2, -0.15) is 0 Å². The Morgan fingerprint density at radius 2 is 2.00 bits per heavy atom. The number of nitrogens with one attached hydrogen (secondary N) is 1. The lowest BCUT2D eigenvalue weighted by molar-refractivity contribution is 0.102. The minimum absolute atomic E-state index is 0.232. The lowest BCUT2D eigenvalue weighted by Gasteiger charge is -2.19. The van der Waals surface area contributed by atoms with Crippen molar-refractivity contribution in [3.05, 3.63) is 46.8 Å². The summed E-state index contributed by atoms with van der Waals surface area (Å²) < 4.78 is 0.640. The molecule has 0 aliphatic carbocycles. The normalized spacial score (nSPS) is 14.2. The second-order valence-electron chi connectivity index (χ2n) is 4.87. The number of hydrogen-bond donors (Lipinski definition) is 1. The summed E-state index contributed by atoms with van der Waals surface area (Å²) in [6.45, 7) is 1.96. The summed E-state index contributed by atoms with van der Waals surface area (Å²) >= 11 is 3.27. The molecule has 108 valence electrons. The average Bonchev–Trinajstić information content (AvgIpc) is 3.02. The van der Waals surface area contributed by atoms with Gasteiger partial charge in [-0.15, -0.1) is 0 Å². The van der Waals surface area contributed by atoms with Gasteiger partial charge in [-0.25, -0.2) is 9.97 Å². The summed E-state index contributed by atoms with van der Waals surface area (Å²) in [6.07, 6.45) is 4.08. The summed E-state index contributed by atoms with van der Waals surface area (Å²) in [7, 11) is 0. The Bertz CT molecular complexity index is 656. The van der Waals surface area contributed by atoms with Crippen LogP contribution in [-0.4, -0.2) is 29.0 Å². The van der Waals surface area contributed by atoms with Gasteiger partial charge in [-0.1, -0.05) is 6.07 Å². The van der Waals surface area contributed by atoms with Crippen molar-refractivity contribution < 1.29 is 4.79 Å². The van der Waals surface area contributed by atoms with Gasteiger partial charge in [0.2, 0.25) is 0 Å². The van der Waals surface area contributed by atoms with Crippen LogP contribution >= 0.6 is 15.9 Å². The molecule has 1 amide bonds. The lowest BCUT2D eigenvalue weighted by Crippen LogP contribution is -2.22. The average molecular weight is 347 g/mol. The van der Waals surface area contributed by atoms with E-state index in [9.17, 15) is 4.79 Å². The maximum atomic E-state index is 12.3. The second kappa shape index (κ2) is 6.22. The Balaban J connectivity index is 1.83. The zero-order valence-electron chi connectivity index (χ0n) is 11.4. The molecular weight excluding hydrogens is 332 g/mol. The quantitative estimate of drug-likeness (QED) is 0.867. The maximum absolute atomic E-state index is 12.3. The molecule has 1 fully saturated rings. The van der Waals surface area contributed by atoms with Gasteiger partial charge in [0.15, 0.2) is 5.82 Å². The number of halogens is 1. The van der Waals surface area contributed by atoms with Crippen LogP contribution in [0, 0.1) is 0 Å². The van der Waals surface area contributed by atoms with Gasteiger partial charge in [0, 0.05) is 19.3 Å². The van der Waals surface area contributed by atoms with Crippen molar-refractivity contribution in [3.8, 4) is 0 Å². The molecule has 5 nitrogen and oxygen atoms in total. The Hall–Kier alpha value is -1.95. The largest absolute Gasteiger partial charge is 0.355 e. The zero-order valence-corrected chi connectivity index (χ0v) is 13.0. The molecule has 0 radical (unpaired) electrons. The van der Waals surface area contributed by atoms with E-state index in [-0.39, 0.29) is 5.91 Å². The standard InChI is InChI=1S/C15H15BrN4O/c16-13-7-3-5-12(18-13)15(21)19-11-6-4-8-17-14(11)20-9-1-2-10-20/h3-8H,1-2,9-10H2,(H,19,21). The Labute approximate surface area is 131 Å². The highest BCUT2D eigenvalue weighted by Gasteiger charge is 2.18. The van der Waals surface area contributed by atoms with Crippen molar-refractivity contribution in [1.82, 2.24) is 9.97 Å². The van der Waals surface area contributed by atoms with Crippen LogP contribution < -0.4 is 10.2 Å². The van der Waals surface area contributed by atoms with E-state index in [0.29, 0.717) is 10.3 Å². The number of pyridine rings is 2. The Morgan fingerprint density at radius 1 is 1.19 bits per heavy atom. The van der Waals surface area contributed by atoms with Gasteiger partial charge in [0.05, 0.1) is 5.69 Å². The summed E-state index contributed by atoms with van der Waals surface area (Å²) in [6, 6.07) is 8.96. The third-order valence-corrected chi connectivity index (χ3v) is 3.83. The summed E-state index contributed by atoms with van der Waals surface area (Å²) in [5.74, 6) is 0.600. The van der Waals surface area contributed by atoms with Gasteiger partial charge in [0.25, 0.3) is 5.91 Å². The number of aromatic nitrogens is 2. The van der Waals surface area contributed by atoms with Crippen LogP contribution in [0.2, 0.25) is 0 Å². The topological polar surface area (TPSA) is 58.1 Å². The molecule has 1 saturated heterocycles. The molecule has 1 aliphatic heterocycles. The molecule has 0 aromatic carbocycles. The highest BCUT2D eigenvalue weighted by molar-refractivity contribution is 9.10. The number of anilines is 2. The first-order valence-corrected chi connectivity index (χ1v) is 7.67. The second-order valence-corrected chi connectivity index (χ2v) is 5.68. The molecular formula is C15H15BrN4O. The molecule has 21 heavy (non-hydrogen) atoms. The van der Waals surface area contributed by atoms with Crippen molar-refractivity contribution in [2.24, 2.45) is 0 Å². The van der Waals surface area contributed by atoms with Gasteiger partial charge < -0.3 is 10.2 Å². The maximum Gasteiger partial charge on any atom is 0.274 e. The molecule has 0 atom stereocenters. The first-order chi connectivity index (χ1) is 10.2. The van der Waals surface area contributed by atoms with Crippen molar-refractivity contribution in [1.29, 1.82) is 0 Å². The Kier molecular flexibility index (Phi) is 4.15. The van der Waals surface area contributed by atoms with Crippen molar-refractivity contribution in [3.63, 3.8) is 0 Å². The van der Waals surface area contributed by atoms with E-state index in [0.717, 1.165) is 37.4 Å². The number of rotatable bonds is 3. The number of carbonyl (C=O) groups excluding carboxylic acids is 1. The summed E-state index contributed by atoms with van der Waals surface area (Å²) in [4.78, 5) is 23.1. The third-order valence-electron chi connectivity index (χ3n) is 3.39. The smallest absolute Gasteiger partial charge is 0.274 e. The molecule has 6 heteroatoms. The van der Waals surface area contributed by atoms with E-state index in [1.807, 2.05) is 12.1 Å². The molecule has 1 aliphatic rings. The van der Waals surface area contributed by atoms with Crippen molar-refractivity contribution >= 4 is 33.3 Å². The molecule has 0 saturated carbocycles. The van der Waals surface area contributed by atoms with E-state index in [1.165, 1.54) is 0 Å². The van der Waals surface area contributed by atoms with Gasteiger partial charge in [-0.05, 0) is 53.0 Å². The zero-order chi connectivity index (χ0) is 14.7. The van der Waals surface area contributed by atoms with E-state index < -0.39 is 0 Å². The predicted molar refractivity (Wildman–Crippen MR) is 85.6 cm³/mol. The van der Waals surface area contributed by atoms with Crippen LogP contribution in [0.25, 0.3) is 0 Å². The van der Waals surface area contributed by atoms with E-state index in [2.05, 4.69) is 36.1 Å². The predicted octanol–water partition coefficient (Wildman–Crippen LogP) is 3.09. The first-order valence-electron chi connectivity index (χ1n) is 6.88. The van der Waals surface area contributed by atoms with E-state index in [4.69, 9.17) is 0 Å². The van der Waals surface area contributed by atoms with Gasteiger partial charge in [-0.3, -0.25) is 4.79 Å². The fraction of sp³-hybridized carbons (Fsp3) is 0.267. The molecule has 2 aromatic rings. The monoisotopic (exact) mass is 346 g/mol. The summed E-state index contributed by atoms with van der Waals surface area (Å²) in [5, 5.41) is 2.90. The molecule has 3 rings (SSSR count). The molecule has 0 bridgehead atoms. The van der Waals surface area contributed by atoms with E-state index in [1.54, 1.807) is 24.4 Å². The number of amides is 1. The SMILES string of the molecule is O=C(Nc1cccnc1N1CCCC1)c1cccc(Br)n1. The van der Waals surface area contributed by atoms with Crippen LogP contribution in [0.1, 0.15) is 23.3 Å². The van der Waals surface area contributed by atoms with Crippen LogP contribution in [0.15, 0.2) is 41.1 Å². The van der Waals surface area contributed by atoms with Crippen molar-refractivity contribution in [2.45, 2.75) is 12.8 Å². The third kappa shape index (κ3) is 3.21. The fourth-order valence-electron chi connectivity index (χ4n) is 2.40. The van der Waals surface area contributed by atoms with Crippen LogP contribution in [0.4, 0.5) is 11.5 Å². The van der Waals surface area contributed by atoms with Crippen molar-refractivity contribution in [2.75, 3.05) is 23.3 Å². The van der Waals surface area contributed by atoms with Crippen LogP contribution in [0.3, 0.4) is 0 Å². The van der Waals surface area contributed by atoms with Gasteiger partial charge >= 0.3 is 0 Å². The van der Waals surface area contributed by atoms with Gasteiger partial charge in [0.1, 0.15) is 10.3 Å². The van der Waals surface area contributed by atoms with Crippen LogP contribution in [0.5, 0.6) is 0 Å². The first kappa shape index (κ1) is 14.0. The number of hydrogen-bond acceptors (Lipinski definition) is 4. The molecule has 0 spiro atoms. The Morgan fingerprint density at radius 3 is 2.76 bits per heavy atom. The summed E-state index contributed by atoms with van der Waals surface area (Å²) in [5.41, 5.74) is 1.10.